The molecule has 2 aromatic carbocycles. The Morgan fingerprint density at radius 3 is 2.60 bits per heavy atom. The van der Waals surface area contributed by atoms with Crippen LogP contribution in [0.4, 0.5) is 0 Å². The summed E-state index contributed by atoms with van der Waals surface area (Å²) < 4.78 is 12.6. The molecule has 0 amide bonds. The highest BCUT2D eigenvalue weighted by Gasteiger charge is 2.11. The van der Waals surface area contributed by atoms with E-state index < -0.39 is 5.97 Å². The third kappa shape index (κ3) is 4.35. The van der Waals surface area contributed by atoms with Crippen LogP contribution in [0.1, 0.15) is 41.9 Å². The molecular weight excluding hydrogens is 384 g/mol. The smallest absolute Gasteiger partial charge is 0.335 e. The van der Waals surface area contributed by atoms with Crippen LogP contribution in [-0.2, 0) is 6.54 Å². The molecule has 1 N–H and O–H groups in total. The fourth-order valence-electron chi connectivity index (χ4n) is 3.12. The fraction of sp³-hybridized carbons (Fsp3) is 0.261. The molecular formula is C23H24N2O5. The predicted molar refractivity (Wildman–Crippen MR) is 116 cm³/mol. The standard InChI is InChI=1S/C23H24N2O5/c1-4-12-30-20-11-7-15(13-21(20)29-3)6-9-17-22(26)25(5-2)19-10-8-16(23(27)28)14-18(19)24-17/h6-11,13-14H,4-5,12H2,1-3H3,(H,27,28)/b9-6+. The van der Waals surface area contributed by atoms with Gasteiger partial charge in [-0.25, -0.2) is 9.78 Å². The fourth-order valence-corrected chi connectivity index (χ4v) is 3.12. The number of benzene rings is 2. The van der Waals surface area contributed by atoms with Gasteiger partial charge in [-0.3, -0.25) is 4.79 Å². The van der Waals surface area contributed by atoms with Crippen LogP contribution in [0.15, 0.2) is 41.2 Å². The van der Waals surface area contributed by atoms with E-state index in [0.717, 1.165) is 12.0 Å². The monoisotopic (exact) mass is 408 g/mol. The molecule has 0 bridgehead atoms. The molecule has 0 radical (unpaired) electrons. The van der Waals surface area contributed by atoms with Gasteiger partial charge in [0, 0.05) is 6.54 Å². The summed E-state index contributed by atoms with van der Waals surface area (Å²) in [6.45, 7) is 4.94. The van der Waals surface area contributed by atoms with Crippen molar-refractivity contribution in [3.05, 3.63) is 63.6 Å². The molecule has 156 valence electrons. The number of methoxy groups -OCH3 is 1. The summed E-state index contributed by atoms with van der Waals surface area (Å²) >= 11 is 0. The van der Waals surface area contributed by atoms with Gasteiger partial charge in [-0.15, -0.1) is 0 Å². The predicted octanol–water partition coefficient (Wildman–Crippen LogP) is 4.08. The minimum absolute atomic E-state index is 0.124. The molecule has 0 aliphatic heterocycles. The molecule has 3 aromatic rings. The minimum Gasteiger partial charge on any atom is -0.493 e. The second-order valence-corrected chi connectivity index (χ2v) is 6.65. The van der Waals surface area contributed by atoms with Crippen LogP contribution in [0, 0.1) is 0 Å². The van der Waals surface area contributed by atoms with Crippen LogP contribution in [0.5, 0.6) is 11.5 Å². The Hall–Kier alpha value is -3.61. The average Bonchev–Trinajstić information content (AvgIpc) is 2.76. The first-order valence-electron chi connectivity index (χ1n) is 9.75. The van der Waals surface area contributed by atoms with E-state index in [0.29, 0.717) is 35.7 Å². The normalized spacial score (nSPS) is 11.2. The molecule has 7 nitrogen and oxygen atoms in total. The lowest BCUT2D eigenvalue weighted by atomic mass is 10.1. The van der Waals surface area contributed by atoms with Crippen LogP contribution in [0.3, 0.4) is 0 Å². The minimum atomic E-state index is -1.04. The molecule has 0 saturated carbocycles. The van der Waals surface area contributed by atoms with E-state index in [1.165, 1.54) is 12.1 Å². The summed E-state index contributed by atoms with van der Waals surface area (Å²) in [4.78, 5) is 28.5. The zero-order valence-electron chi connectivity index (χ0n) is 17.2. The van der Waals surface area contributed by atoms with Crippen molar-refractivity contribution in [3.8, 4) is 11.5 Å². The maximum atomic E-state index is 12.8. The van der Waals surface area contributed by atoms with E-state index in [9.17, 15) is 14.7 Å². The van der Waals surface area contributed by atoms with Gasteiger partial charge in [-0.05, 0) is 55.3 Å². The zero-order chi connectivity index (χ0) is 21.7. The van der Waals surface area contributed by atoms with Crippen LogP contribution < -0.4 is 15.0 Å². The second kappa shape index (κ2) is 9.26. The van der Waals surface area contributed by atoms with Gasteiger partial charge < -0.3 is 19.1 Å². The first kappa shape index (κ1) is 21.1. The molecule has 0 saturated heterocycles. The third-order valence-electron chi connectivity index (χ3n) is 4.62. The number of aryl methyl sites for hydroxylation is 1. The summed E-state index contributed by atoms with van der Waals surface area (Å²) in [5.74, 6) is 0.228. The number of carboxylic acid groups (broad SMARTS) is 1. The number of carbonyl (C=O) groups is 1. The van der Waals surface area contributed by atoms with Crippen LogP contribution in [0.2, 0.25) is 0 Å². The zero-order valence-corrected chi connectivity index (χ0v) is 17.2. The van der Waals surface area contributed by atoms with Gasteiger partial charge in [0.25, 0.3) is 5.56 Å². The van der Waals surface area contributed by atoms with Crippen molar-refractivity contribution >= 4 is 29.2 Å². The second-order valence-electron chi connectivity index (χ2n) is 6.65. The molecule has 3 rings (SSSR count). The Balaban J connectivity index is 2.02. The number of rotatable bonds is 8. The number of aromatic nitrogens is 2. The van der Waals surface area contributed by atoms with E-state index in [1.54, 1.807) is 29.9 Å². The quantitative estimate of drug-likeness (QED) is 0.604. The number of hydrogen-bond acceptors (Lipinski definition) is 5. The van der Waals surface area contributed by atoms with E-state index in [4.69, 9.17) is 9.47 Å². The van der Waals surface area contributed by atoms with Crippen LogP contribution in [-0.4, -0.2) is 34.3 Å². The summed E-state index contributed by atoms with van der Waals surface area (Å²) in [5, 5.41) is 9.24. The van der Waals surface area contributed by atoms with Gasteiger partial charge in [0.05, 0.1) is 30.3 Å². The molecule has 0 unspecified atom stereocenters. The molecule has 7 heteroatoms. The lowest BCUT2D eigenvalue weighted by molar-refractivity contribution is 0.0697. The van der Waals surface area contributed by atoms with E-state index in [2.05, 4.69) is 4.98 Å². The van der Waals surface area contributed by atoms with Crippen LogP contribution >= 0.6 is 0 Å². The number of nitrogens with zero attached hydrogens (tertiary/aromatic N) is 2. The van der Waals surface area contributed by atoms with Crippen molar-refractivity contribution < 1.29 is 19.4 Å². The number of fused-ring (bicyclic) bond motifs is 1. The van der Waals surface area contributed by atoms with E-state index >= 15 is 0 Å². The van der Waals surface area contributed by atoms with Gasteiger partial charge in [0.2, 0.25) is 0 Å². The first-order chi connectivity index (χ1) is 14.5. The lowest BCUT2D eigenvalue weighted by Gasteiger charge is -2.11. The maximum absolute atomic E-state index is 12.8. The van der Waals surface area contributed by atoms with Gasteiger partial charge >= 0.3 is 5.97 Å². The van der Waals surface area contributed by atoms with Crippen molar-refractivity contribution in [1.82, 2.24) is 9.55 Å². The highest BCUT2D eigenvalue weighted by molar-refractivity contribution is 5.92. The van der Waals surface area contributed by atoms with Crippen LogP contribution in [0.25, 0.3) is 23.2 Å². The Morgan fingerprint density at radius 1 is 1.13 bits per heavy atom. The highest BCUT2D eigenvalue weighted by atomic mass is 16.5. The van der Waals surface area contributed by atoms with Gasteiger partial charge in [0.15, 0.2) is 11.5 Å². The maximum Gasteiger partial charge on any atom is 0.335 e. The van der Waals surface area contributed by atoms with Crippen molar-refractivity contribution in [3.63, 3.8) is 0 Å². The van der Waals surface area contributed by atoms with E-state index in [-0.39, 0.29) is 16.8 Å². The summed E-state index contributed by atoms with van der Waals surface area (Å²) in [5.41, 5.74) is 2.00. The Labute approximate surface area is 174 Å². The van der Waals surface area contributed by atoms with E-state index in [1.807, 2.05) is 32.0 Å². The SMILES string of the molecule is CCCOc1ccc(/C=C/c2nc3cc(C(=O)O)ccc3n(CC)c2=O)cc1OC. The number of hydrogen-bond donors (Lipinski definition) is 1. The first-order valence-corrected chi connectivity index (χ1v) is 9.75. The Bertz CT molecular complexity index is 1160. The van der Waals surface area contributed by atoms with Crippen molar-refractivity contribution in [2.45, 2.75) is 26.8 Å². The number of ether oxygens (including phenoxy) is 2. The molecule has 0 fully saturated rings. The Kier molecular flexibility index (Phi) is 6.51. The molecule has 0 atom stereocenters. The summed E-state index contributed by atoms with van der Waals surface area (Å²) in [6, 6.07) is 10.1. The molecule has 0 aliphatic carbocycles. The summed E-state index contributed by atoms with van der Waals surface area (Å²) in [6.07, 6.45) is 4.29. The molecule has 1 heterocycles. The lowest BCUT2D eigenvalue weighted by Crippen LogP contribution is -2.23. The van der Waals surface area contributed by atoms with Gasteiger partial charge in [-0.1, -0.05) is 19.1 Å². The number of carboxylic acids is 1. The summed E-state index contributed by atoms with van der Waals surface area (Å²) in [7, 11) is 1.58. The van der Waals surface area contributed by atoms with Crippen molar-refractivity contribution in [2.24, 2.45) is 0 Å². The molecule has 0 spiro atoms. The molecule has 0 aliphatic rings. The number of aromatic carboxylic acids is 1. The topological polar surface area (TPSA) is 90.6 Å². The molecule has 1 aromatic heterocycles. The largest absolute Gasteiger partial charge is 0.493 e. The Morgan fingerprint density at radius 2 is 1.93 bits per heavy atom. The van der Waals surface area contributed by atoms with Crippen molar-refractivity contribution in [2.75, 3.05) is 13.7 Å². The van der Waals surface area contributed by atoms with Gasteiger partial charge in [-0.2, -0.15) is 0 Å². The average molecular weight is 408 g/mol. The van der Waals surface area contributed by atoms with Crippen molar-refractivity contribution in [1.29, 1.82) is 0 Å². The highest BCUT2D eigenvalue weighted by Crippen LogP contribution is 2.29. The van der Waals surface area contributed by atoms with Gasteiger partial charge in [0.1, 0.15) is 5.69 Å². The third-order valence-corrected chi connectivity index (χ3v) is 4.62. The molecule has 30 heavy (non-hydrogen) atoms.